The van der Waals surface area contributed by atoms with Crippen LogP contribution in [0.5, 0.6) is 5.75 Å². The molecule has 1 aromatic carbocycles. The highest BCUT2D eigenvalue weighted by atomic mass is 16.5. The molecule has 1 rings (SSSR count). The zero-order chi connectivity index (χ0) is 12.8. The average molecular weight is 237 g/mol. The predicted molar refractivity (Wildman–Crippen MR) is 67.2 cm³/mol. The number of ether oxygens (including phenoxy) is 2. The van der Waals surface area contributed by atoms with Crippen LogP contribution in [-0.4, -0.2) is 19.2 Å². The molecular weight excluding hydrogens is 218 g/mol. The van der Waals surface area contributed by atoms with Gasteiger partial charge in [0, 0.05) is 5.69 Å². The van der Waals surface area contributed by atoms with Gasteiger partial charge in [-0.25, -0.2) is 4.79 Å². The summed E-state index contributed by atoms with van der Waals surface area (Å²) in [7, 11) is 1.51. The molecule has 0 aliphatic carbocycles. The molecule has 0 spiro atoms. The van der Waals surface area contributed by atoms with Crippen LogP contribution in [0, 0.1) is 0 Å². The number of nitrogen functional groups attached to an aromatic ring is 1. The van der Waals surface area contributed by atoms with Gasteiger partial charge in [0.05, 0.1) is 7.11 Å². The van der Waals surface area contributed by atoms with Crippen molar-refractivity contribution in [2.24, 2.45) is 0 Å². The van der Waals surface area contributed by atoms with Crippen LogP contribution in [0.3, 0.4) is 0 Å². The van der Waals surface area contributed by atoms with Gasteiger partial charge in [0.25, 0.3) is 0 Å². The first-order valence-electron chi connectivity index (χ1n) is 5.76. The fraction of sp³-hybridized carbons (Fsp3) is 0.462. The first-order valence-corrected chi connectivity index (χ1v) is 5.76. The van der Waals surface area contributed by atoms with E-state index in [1.165, 1.54) is 7.11 Å². The Bertz CT molecular complexity index is 386. The second-order valence-corrected chi connectivity index (χ2v) is 3.80. The van der Waals surface area contributed by atoms with Crippen molar-refractivity contribution in [2.75, 3.05) is 12.8 Å². The molecule has 94 valence electrons. The number of rotatable bonds is 5. The van der Waals surface area contributed by atoms with E-state index in [-0.39, 0.29) is 12.1 Å². The van der Waals surface area contributed by atoms with Crippen LogP contribution in [0.2, 0.25) is 0 Å². The third-order valence-corrected chi connectivity index (χ3v) is 2.63. The van der Waals surface area contributed by atoms with Crippen molar-refractivity contribution >= 4 is 11.7 Å². The van der Waals surface area contributed by atoms with E-state index in [4.69, 9.17) is 15.2 Å². The lowest BCUT2D eigenvalue weighted by Crippen LogP contribution is -2.17. The third kappa shape index (κ3) is 3.37. The van der Waals surface area contributed by atoms with E-state index in [0.717, 1.165) is 12.8 Å². The van der Waals surface area contributed by atoms with Gasteiger partial charge in [-0.15, -0.1) is 0 Å². The molecule has 0 saturated heterocycles. The Balaban J connectivity index is 2.90. The maximum absolute atomic E-state index is 11.9. The lowest BCUT2D eigenvalue weighted by Gasteiger charge is -2.15. The molecular formula is C13H19NO3. The monoisotopic (exact) mass is 237 g/mol. The molecule has 0 aromatic heterocycles. The Morgan fingerprint density at radius 1 is 1.35 bits per heavy atom. The Labute approximate surface area is 102 Å². The van der Waals surface area contributed by atoms with Gasteiger partial charge in [0.15, 0.2) is 0 Å². The van der Waals surface area contributed by atoms with Crippen molar-refractivity contribution in [3.63, 3.8) is 0 Å². The molecule has 0 fully saturated rings. The van der Waals surface area contributed by atoms with Crippen LogP contribution in [0.1, 0.15) is 37.0 Å². The molecule has 0 heterocycles. The molecule has 4 heteroatoms. The summed E-state index contributed by atoms with van der Waals surface area (Å²) in [6.45, 7) is 3.97. The van der Waals surface area contributed by atoms with E-state index < -0.39 is 0 Å². The molecule has 0 bridgehead atoms. The number of methoxy groups -OCH3 is 1. The van der Waals surface area contributed by atoms with Crippen LogP contribution in [0.4, 0.5) is 5.69 Å². The average Bonchev–Trinajstić information content (AvgIpc) is 2.35. The summed E-state index contributed by atoms with van der Waals surface area (Å²) >= 11 is 0. The fourth-order valence-electron chi connectivity index (χ4n) is 1.56. The summed E-state index contributed by atoms with van der Waals surface area (Å²) < 4.78 is 10.5. The van der Waals surface area contributed by atoms with E-state index in [1.807, 2.05) is 13.8 Å². The lowest BCUT2D eigenvalue weighted by molar-refractivity contribution is 0.0281. The van der Waals surface area contributed by atoms with E-state index in [1.54, 1.807) is 18.2 Å². The number of hydrogen-bond acceptors (Lipinski definition) is 4. The number of carbonyl (C=O) groups is 1. The fourth-order valence-corrected chi connectivity index (χ4v) is 1.56. The Morgan fingerprint density at radius 3 is 2.53 bits per heavy atom. The van der Waals surface area contributed by atoms with Gasteiger partial charge in [0.2, 0.25) is 0 Å². The van der Waals surface area contributed by atoms with Crippen LogP contribution < -0.4 is 10.5 Å². The minimum atomic E-state index is -0.386. The van der Waals surface area contributed by atoms with Crippen LogP contribution in [0.25, 0.3) is 0 Å². The molecule has 0 saturated carbocycles. The zero-order valence-corrected chi connectivity index (χ0v) is 10.5. The maximum Gasteiger partial charge on any atom is 0.342 e. The highest BCUT2D eigenvalue weighted by molar-refractivity contribution is 5.93. The highest BCUT2D eigenvalue weighted by Gasteiger charge is 2.17. The number of benzene rings is 1. The van der Waals surface area contributed by atoms with Gasteiger partial charge < -0.3 is 15.2 Å². The number of nitrogens with two attached hydrogens (primary N) is 1. The Kier molecular flexibility index (Phi) is 4.82. The molecule has 0 radical (unpaired) electrons. The number of esters is 1. The number of anilines is 1. The second-order valence-electron chi connectivity index (χ2n) is 3.80. The van der Waals surface area contributed by atoms with Gasteiger partial charge in [-0.1, -0.05) is 13.8 Å². The quantitative estimate of drug-likeness (QED) is 0.631. The number of hydrogen-bond donors (Lipinski definition) is 1. The topological polar surface area (TPSA) is 61.5 Å². The summed E-state index contributed by atoms with van der Waals surface area (Å²) in [5.41, 5.74) is 6.54. The molecule has 0 aliphatic heterocycles. The van der Waals surface area contributed by atoms with Crippen molar-refractivity contribution in [2.45, 2.75) is 32.8 Å². The molecule has 0 aliphatic rings. The molecule has 4 nitrogen and oxygen atoms in total. The van der Waals surface area contributed by atoms with Crippen LogP contribution in [0.15, 0.2) is 18.2 Å². The Hall–Kier alpha value is -1.71. The molecule has 1 aromatic rings. The van der Waals surface area contributed by atoms with Crippen molar-refractivity contribution in [1.29, 1.82) is 0 Å². The van der Waals surface area contributed by atoms with Crippen LogP contribution in [-0.2, 0) is 4.74 Å². The molecule has 0 atom stereocenters. The van der Waals surface area contributed by atoms with E-state index >= 15 is 0 Å². The van der Waals surface area contributed by atoms with E-state index in [9.17, 15) is 4.79 Å². The van der Waals surface area contributed by atoms with Gasteiger partial charge >= 0.3 is 5.97 Å². The smallest absolute Gasteiger partial charge is 0.342 e. The van der Waals surface area contributed by atoms with Crippen LogP contribution >= 0.6 is 0 Å². The first kappa shape index (κ1) is 13.4. The third-order valence-electron chi connectivity index (χ3n) is 2.63. The minimum Gasteiger partial charge on any atom is -0.496 e. The van der Waals surface area contributed by atoms with Crippen molar-refractivity contribution in [3.8, 4) is 5.75 Å². The van der Waals surface area contributed by atoms with E-state index in [2.05, 4.69) is 0 Å². The molecule has 0 amide bonds. The number of carbonyl (C=O) groups excluding carboxylic acids is 1. The van der Waals surface area contributed by atoms with Gasteiger partial charge in [-0.3, -0.25) is 0 Å². The second kappa shape index (κ2) is 6.13. The molecule has 2 N–H and O–H groups in total. The first-order chi connectivity index (χ1) is 8.12. The molecule has 0 unspecified atom stereocenters. The van der Waals surface area contributed by atoms with Gasteiger partial charge in [-0.05, 0) is 31.0 Å². The van der Waals surface area contributed by atoms with Gasteiger partial charge in [0.1, 0.15) is 17.4 Å². The van der Waals surface area contributed by atoms with Crippen molar-refractivity contribution in [3.05, 3.63) is 23.8 Å². The summed E-state index contributed by atoms with van der Waals surface area (Å²) in [5, 5.41) is 0. The summed E-state index contributed by atoms with van der Waals surface area (Å²) in [6, 6.07) is 4.93. The largest absolute Gasteiger partial charge is 0.496 e. The van der Waals surface area contributed by atoms with E-state index in [0.29, 0.717) is 17.0 Å². The molecule has 17 heavy (non-hydrogen) atoms. The highest BCUT2D eigenvalue weighted by Crippen LogP contribution is 2.22. The van der Waals surface area contributed by atoms with Crippen molar-refractivity contribution in [1.82, 2.24) is 0 Å². The lowest BCUT2D eigenvalue weighted by atomic mass is 10.1. The zero-order valence-electron chi connectivity index (χ0n) is 10.5. The minimum absolute atomic E-state index is 0.0614. The normalized spacial score (nSPS) is 10.4. The maximum atomic E-state index is 11.9. The standard InChI is InChI=1S/C13H19NO3/c1-4-10(5-2)17-13(15)11-8-9(14)6-7-12(11)16-3/h6-8,10H,4-5,14H2,1-3H3. The SMILES string of the molecule is CCC(CC)OC(=O)c1cc(N)ccc1OC. The summed E-state index contributed by atoms with van der Waals surface area (Å²) in [5.74, 6) is 0.0954. The predicted octanol–water partition coefficient (Wildman–Crippen LogP) is 2.62. The Morgan fingerprint density at radius 2 is 2.00 bits per heavy atom. The summed E-state index contributed by atoms with van der Waals surface area (Å²) in [6.07, 6.45) is 1.54. The van der Waals surface area contributed by atoms with Gasteiger partial charge in [-0.2, -0.15) is 0 Å². The van der Waals surface area contributed by atoms with Crippen molar-refractivity contribution < 1.29 is 14.3 Å². The summed E-state index contributed by atoms with van der Waals surface area (Å²) in [4.78, 5) is 11.9.